The predicted octanol–water partition coefficient (Wildman–Crippen LogP) is 1.93. The van der Waals surface area contributed by atoms with E-state index in [1.807, 2.05) is 30.3 Å². The van der Waals surface area contributed by atoms with Gasteiger partial charge in [-0.1, -0.05) is 36.4 Å². The fourth-order valence-corrected chi connectivity index (χ4v) is 4.21. The number of rotatable bonds is 8. The maximum atomic E-state index is 12.8. The summed E-state index contributed by atoms with van der Waals surface area (Å²) in [6.07, 6.45) is 1.82. The van der Waals surface area contributed by atoms with Crippen LogP contribution in [-0.4, -0.2) is 34.2 Å². The fourth-order valence-electron chi connectivity index (χ4n) is 3.15. The summed E-state index contributed by atoms with van der Waals surface area (Å²) in [5, 5.41) is 15.3. The number of aromatic nitrogens is 3. The normalized spacial score (nSPS) is 14.0. The zero-order valence-electron chi connectivity index (χ0n) is 15.8. The van der Waals surface area contributed by atoms with E-state index in [0.717, 1.165) is 24.5 Å². The summed E-state index contributed by atoms with van der Waals surface area (Å²) in [7, 11) is -3.96. The topological polar surface area (TPSA) is 129 Å². The molecule has 30 heavy (non-hydrogen) atoms. The van der Waals surface area contributed by atoms with Crippen molar-refractivity contribution < 1.29 is 13.3 Å². The van der Waals surface area contributed by atoms with E-state index in [0.29, 0.717) is 5.82 Å². The molecule has 0 unspecified atom stereocenters. The van der Waals surface area contributed by atoms with Gasteiger partial charge in [0.25, 0.3) is 5.69 Å². The summed E-state index contributed by atoms with van der Waals surface area (Å²) in [5.41, 5.74) is 0.216. The first kappa shape index (κ1) is 20.0. The molecule has 0 bridgehead atoms. The monoisotopic (exact) mass is 429 g/mol. The van der Waals surface area contributed by atoms with Crippen molar-refractivity contribution in [3.8, 4) is 11.4 Å². The number of benzene rings is 2. The molecular formula is C19H19N5O5S. The van der Waals surface area contributed by atoms with Gasteiger partial charge in [0.1, 0.15) is 0 Å². The van der Waals surface area contributed by atoms with Crippen molar-refractivity contribution in [2.24, 2.45) is 0 Å². The standard InChI is InChI=1S/C19H19N5O5S/c25-19-22(21-18(23(19)15-9-10-15)14-5-2-1-3-6-14)12-11-20-30(28,29)17-8-4-7-16(13-17)24(26)27/h1-8,13,15,20H,9-12H2. The van der Waals surface area contributed by atoms with Crippen LogP contribution in [-0.2, 0) is 16.6 Å². The molecule has 11 heteroatoms. The first-order valence-electron chi connectivity index (χ1n) is 9.36. The van der Waals surface area contributed by atoms with Gasteiger partial charge in [-0.3, -0.25) is 14.7 Å². The Hall–Kier alpha value is -3.31. The van der Waals surface area contributed by atoms with Gasteiger partial charge in [0.15, 0.2) is 5.82 Å². The van der Waals surface area contributed by atoms with Gasteiger partial charge in [-0.05, 0) is 18.9 Å². The maximum Gasteiger partial charge on any atom is 0.346 e. The minimum Gasteiger partial charge on any atom is -0.272 e. The highest BCUT2D eigenvalue weighted by Gasteiger charge is 2.30. The second-order valence-electron chi connectivity index (χ2n) is 6.95. The zero-order chi connectivity index (χ0) is 21.3. The third-order valence-corrected chi connectivity index (χ3v) is 6.23. The van der Waals surface area contributed by atoms with Crippen LogP contribution in [0.1, 0.15) is 18.9 Å². The molecule has 0 aliphatic heterocycles. The lowest BCUT2D eigenvalue weighted by atomic mass is 10.2. The summed E-state index contributed by atoms with van der Waals surface area (Å²) in [6.45, 7) is -0.0482. The SMILES string of the molecule is O=c1n(CCNS(=O)(=O)c2cccc([N+](=O)[O-])c2)nc(-c2ccccc2)n1C1CC1. The number of hydrogen-bond acceptors (Lipinski definition) is 6. The van der Waals surface area contributed by atoms with E-state index in [4.69, 9.17) is 0 Å². The number of nitro groups is 1. The Kier molecular flexibility index (Phi) is 5.22. The molecule has 0 spiro atoms. The smallest absolute Gasteiger partial charge is 0.272 e. The Labute approximate surface area is 172 Å². The molecule has 1 fully saturated rings. The lowest BCUT2D eigenvalue weighted by molar-refractivity contribution is -0.385. The molecule has 0 saturated heterocycles. The van der Waals surface area contributed by atoms with Gasteiger partial charge in [0.2, 0.25) is 10.0 Å². The molecule has 0 atom stereocenters. The largest absolute Gasteiger partial charge is 0.346 e. The van der Waals surface area contributed by atoms with Gasteiger partial charge in [-0.15, -0.1) is 5.10 Å². The Balaban J connectivity index is 1.53. The first-order chi connectivity index (χ1) is 14.4. The maximum absolute atomic E-state index is 12.8. The van der Waals surface area contributed by atoms with Crippen LogP contribution in [0.25, 0.3) is 11.4 Å². The first-order valence-corrected chi connectivity index (χ1v) is 10.8. The van der Waals surface area contributed by atoms with E-state index >= 15 is 0 Å². The molecule has 1 aromatic heterocycles. The molecular weight excluding hydrogens is 410 g/mol. The van der Waals surface area contributed by atoms with E-state index in [9.17, 15) is 23.3 Å². The van der Waals surface area contributed by atoms with E-state index in [1.165, 1.54) is 22.9 Å². The lowest BCUT2D eigenvalue weighted by Gasteiger charge is -2.06. The number of non-ortho nitro benzene ring substituents is 1. The molecule has 1 aliphatic rings. The number of nitro benzene ring substituents is 1. The summed E-state index contributed by atoms with van der Waals surface area (Å²) >= 11 is 0. The highest BCUT2D eigenvalue weighted by Crippen LogP contribution is 2.36. The van der Waals surface area contributed by atoms with Crippen molar-refractivity contribution in [1.29, 1.82) is 0 Å². The van der Waals surface area contributed by atoms with Crippen LogP contribution in [0.2, 0.25) is 0 Å². The molecule has 2 aromatic carbocycles. The summed E-state index contributed by atoms with van der Waals surface area (Å²) in [5.74, 6) is 0.560. The minimum absolute atomic E-state index is 0.0343. The number of nitrogens with zero attached hydrogens (tertiary/aromatic N) is 4. The number of hydrogen-bond donors (Lipinski definition) is 1. The van der Waals surface area contributed by atoms with Crippen molar-refractivity contribution in [2.75, 3.05) is 6.54 Å². The Morgan fingerprint density at radius 3 is 2.53 bits per heavy atom. The highest BCUT2D eigenvalue weighted by molar-refractivity contribution is 7.89. The Morgan fingerprint density at radius 1 is 1.13 bits per heavy atom. The average molecular weight is 429 g/mol. The molecule has 0 amide bonds. The van der Waals surface area contributed by atoms with Crippen LogP contribution in [0.15, 0.2) is 64.3 Å². The van der Waals surface area contributed by atoms with Crippen LogP contribution in [0, 0.1) is 10.1 Å². The molecule has 1 heterocycles. The van der Waals surface area contributed by atoms with Gasteiger partial charge in [0, 0.05) is 30.3 Å². The second kappa shape index (κ2) is 7.84. The molecule has 4 rings (SSSR count). The van der Waals surface area contributed by atoms with Crippen molar-refractivity contribution in [2.45, 2.75) is 30.3 Å². The Bertz CT molecular complexity index is 1250. The molecule has 0 radical (unpaired) electrons. The number of sulfonamides is 1. The average Bonchev–Trinajstić information content (AvgIpc) is 3.52. The lowest BCUT2D eigenvalue weighted by Crippen LogP contribution is -2.32. The van der Waals surface area contributed by atoms with Gasteiger partial charge in [0.05, 0.1) is 16.4 Å². The van der Waals surface area contributed by atoms with Crippen molar-refractivity contribution in [3.63, 3.8) is 0 Å². The highest BCUT2D eigenvalue weighted by atomic mass is 32.2. The van der Waals surface area contributed by atoms with E-state index in [-0.39, 0.29) is 35.4 Å². The van der Waals surface area contributed by atoms with Crippen LogP contribution < -0.4 is 10.4 Å². The fraction of sp³-hybridized carbons (Fsp3) is 0.263. The Morgan fingerprint density at radius 2 is 1.87 bits per heavy atom. The summed E-state index contributed by atoms with van der Waals surface area (Å²) < 4.78 is 30.2. The third-order valence-electron chi connectivity index (χ3n) is 4.77. The second-order valence-corrected chi connectivity index (χ2v) is 8.72. The molecule has 10 nitrogen and oxygen atoms in total. The predicted molar refractivity (Wildman–Crippen MR) is 108 cm³/mol. The van der Waals surface area contributed by atoms with Crippen molar-refractivity contribution in [1.82, 2.24) is 19.1 Å². The van der Waals surface area contributed by atoms with Crippen LogP contribution in [0.5, 0.6) is 0 Å². The molecule has 3 aromatic rings. The van der Waals surface area contributed by atoms with Crippen LogP contribution in [0.4, 0.5) is 5.69 Å². The molecule has 156 valence electrons. The van der Waals surface area contributed by atoms with Gasteiger partial charge < -0.3 is 0 Å². The minimum atomic E-state index is -3.96. The molecule has 1 N–H and O–H groups in total. The van der Waals surface area contributed by atoms with Crippen LogP contribution >= 0.6 is 0 Å². The zero-order valence-corrected chi connectivity index (χ0v) is 16.7. The molecule has 1 aliphatic carbocycles. The van der Waals surface area contributed by atoms with Crippen molar-refractivity contribution >= 4 is 15.7 Å². The molecule has 1 saturated carbocycles. The van der Waals surface area contributed by atoms with Crippen molar-refractivity contribution in [3.05, 3.63) is 75.2 Å². The van der Waals surface area contributed by atoms with E-state index in [1.54, 1.807) is 4.57 Å². The van der Waals surface area contributed by atoms with E-state index in [2.05, 4.69) is 9.82 Å². The van der Waals surface area contributed by atoms with E-state index < -0.39 is 14.9 Å². The van der Waals surface area contributed by atoms with Crippen LogP contribution in [0.3, 0.4) is 0 Å². The summed E-state index contributed by atoms with van der Waals surface area (Å²) in [4.78, 5) is 22.8. The van der Waals surface area contributed by atoms with Gasteiger partial charge in [-0.25, -0.2) is 22.6 Å². The third kappa shape index (κ3) is 4.02. The summed E-state index contributed by atoms with van der Waals surface area (Å²) in [6, 6.07) is 14.2. The van der Waals surface area contributed by atoms with Gasteiger partial charge >= 0.3 is 5.69 Å². The van der Waals surface area contributed by atoms with Gasteiger partial charge in [-0.2, -0.15) is 0 Å². The number of nitrogens with one attached hydrogen (secondary N) is 1. The quantitative estimate of drug-likeness (QED) is 0.430.